The van der Waals surface area contributed by atoms with Crippen LogP contribution in [0.5, 0.6) is 0 Å². The molecule has 0 aromatic carbocycles. The molecule has 17 heavy (non-hydrogen) atoms. The van der Waals surface area contributed by atoms with Crippen molar-refractivity contribution in [1.29, 1.82) is 0 Å². The minimum atomic E-state index is -0.0782. The van der Waals surface area contributed by atoms with Gasteiger partial charge in [-0.25, -0.2) is 0 Å². The molecule has 0 saturated heterocycles. The number of likely N-dealkylation sites (N-methyl/N-ethyl adjacent to an activating group) is 1. The van der Waals surface area contributed by atoms with Crippen LogP contribution in [-0.4, -0.2) is 32.1 Å². The zero-order chi connectivity index (χ0) is 12.5. The second-order valence-electron chi connectivity index (χ2n) is 4.83. The van der Waals surface area contributed by atoms with Crippen molar-refractivity contribution < 1.29 is 9.47 Å². The van der Waals surface area contributed by atoms with E-state index in [9.17, 15) is 0 Å². The second-order valence-corrected chi connectivity index (χ2v) is 4.83. The van der Waals surface area contributed by atoms with Crippen molar-refractivity contribution in [2.24, 2.45) is 5.92 Å². The predicted molar refractivity (Wildman–Crippen MR) is 71.1 cm³/mol. The lowest BCUT2D eigenvalue weighted by Gasteiger charge is -2.29. The second kappa shape index (κ2) is 8.90. The summed E-state index contributed by atoms with van der Waals surface area (Å²) in [6.07, 6.45) is 6.68. The zero-order valence-electron chi connectivity index (χ0n) is 11.7. The van der Waals surface area contributed by atoms with E-state index in [1.54, 1.807) is 0 Å². The Kier molecular flexibility index (Phi) is 7.82. The molecular weight excluding hydrogens is 214 g/mol. The van der Waals surface area contributed by atoms with Crippen molar-refractivity contribution in [1.82, 2.24) is 5.32 Å². The van der Waals surface area contributed by atoms with Gasteiger partial charge in [-0.2, -0.15) is 0 Å². The molecule has 0 bridgehead atoms. The monoisotopic (exact) mass is 243 g/mol. The zero-order valence-corrected chi connectivity index (χ0v) is 11.7. The molecule has 0 aliphatic heterocycles. The Morgan fingerprint density at radius 2 is 1.65 bits per heavy atom. The molecule has 0 spiro atoms. The lowest BCUT2D eigenvalue weighted by Crippen LogP contribution is -2.44. The smallest absolute Gasteiger partial charge is 0.172 e. The first-order valence-corrected chi connectivity index (χ1v) is 7.28. The van der Waals surface area contributed by atoms with Gasteiger partial charge in [0.15, 0.2) is 6.29 Å². The standard InChI is InChI=1S/C14H29NO2/c1-4-15-13(11-12-9-7-8-10-12)14(16-5-2)17-6-3/h12-15H,4-11H2,1-3H3. The number of rotatable bonds is 9. The van der Waals surface area contributed by atoms with Crippen molar-refractivity contribution in [3.8, 4) is 0 Å². The Bertz CT molecular complexity index is 175. The number of ether oxygens (including phenoxy) is 2. The van der Waals surface area contributed by atoms with Gasteiger partial charge in [0.05, 0.1) is 6.04 Å². The van der Waals surface area contributed by atoms with Gasteiger partial charge in [-0.3, -0.25) is 0 Å². The van der Waals surface area contributed by atoms with Crippen LogP contribution in [0.25, 0.3) is 0 Å². The van der Waals surface area contributed by atoms with Crippen LogP contribution in [-0.2, 0) is 9.47 Å². The van der Waals surface area contributed by atoms with Gasteiger partial charge in [0.25, 0.3) is 0 Å². The fraction of sp³-hybridized carbons (Fsp3) is 1.00. The molecule has 1 N–H and O–H groups in total. The van der Waals surface area contributed by atoms with Gasteiger partial charge < -0.3 is 14.8 Å². The molecule has 102 valence electrons. The van der Waals surface area contributed by atoms with E-state index in [1.165, 1.54) is 32.1 Å². The van der Waals surface area contributed by atoms with Crippen LogP contribution in [0.3, 0.4) is 0 Å². The number of hydrogen-bond acceptors (Lipinski definition) is 3. The van der Waals surface area contributed by atoms with Gasteiger partial charge in [-0.1, -0.05) is 32.6 Å². The highest BCUT2D eigenvalue weighted by Gasteiger charge is 2.26. The molecule has 1 rings (SSSR count). The van der Waals surface area contributed by atoms with Gasteiger partial charge in [0, 0.05) is 13.2 Å². The SMILES string of the molecule is CCNC(CC1CCCC1)C(OCC)OCC. The highest BCUT2D eigenvalue weighted by Crippen LogP contribution is 2.29. The molecule has 0 aromatic rings. The van der Waals surface area contributed by atoms with Gasteiger partial charge in [-0.15, -0.1) is 0 Å². The first-order chi connectivity index (χ1) is 8.31. The van der Waals surface area contributed by atoms with Crippen LogP contribution in [0, 0.1) is 5.92 Å². The van der Waals surface area contributed by atoms with Crippen LogP contribution in [0.4, 0.5) is 0 Å². The summed E-state index contributed by atoms with van der Waals surface area (Å²) in [5, 5.41) is 3.53. The van der Waals surface area contributed by atoms with Crippen molar-refractivity contribution in [2.75, 3.05) is 19.8 Å². The average molecular weight is 243 g/mol. The first kappa shape index (κ1) is 14.9. The maximum Gasteiger partial charge on any atom is 0.172 e. The lowest BCUT2D eigenvalue weighted by molar-refractivity contribution is -0.156. The van der Waals surface area contributed by atoms with Crippen molar-refractivity contribution in [3.63, 3.8) is 0 Å². The summed E-state index contributed by atoms with van der Waals surface area (Å²) >= 11 is 0. The van der Waals surface area contributed by atoms with Crippen molar-refractivity contribution in [3.05, 3.63) is 0 Å². The molecule has 1 fully saturated rings. The predicted octanol–water partition coefficient (Wildman–Crippen LogP) is 2.94. The summed E-state index contributed by atoms with van der Waals surface area (Å²) in [5.74, 6) is 0.863. The molecule has 0 heterocycles. The van der Waals surface area contributed by atoms with E-state index in [2.05, 4.69) is 12.2 Å². The normalized spacial score (nSPS) is 19.1. The Labute approximate surface area is 106 Å². The van der Waals surface area contributed by atoms with Crippen LogP contribution in [0.15, 0.2) is 0 Å². The molecular formula is C14H29NO2. The maximum atomic E-state index is 5.72. The van der Waals surface area contributed by atoms with Gasteiger partial charge in [0.2, 0.25) is 0 Å². The van der Waals surface area contributed by atoms with Crippen LogP contribution < -0.4 is 5.32 Å². The summed E-state index contributed by atoms with van der Waals surface area (Å²) < 4.78 is 11.4. The minimum absolute atomic E-state index is 0.0782. The summed E-state index contributed by atoms with van der Waals surface area (Å²) in [7, 11) is 0. The highest BCUT2D eigenvalue weighted by atomic mass is 16.7. The average Bonchev–Trinajstić information content (AvgIpc) is 2.81. The van der Waals surface area contributed by atoms with E-state index >= 15 is 0 Å². The first-order valence-electron chi connectivity index (χ1n) is 7.28. The Morgan fingerprint density at radius 1 is 1.06 bits per heavy atom. The topological polar surface area (TPSA) is 30.5 Å². The van der Waals surface area contributed by atoms with E-state index in [0.29, 0.717) is 6.04 Å². The Hall–Kier alpha value is -0.120. The molecule has 0 radical (unpaired) electrons. The fourth-order valence-corrected chi connectivity index (χ4v) is 2.77. The summed E-state index contributed by atoms with van der Waals surface area (Å²) in [6.45, 7) is 8.63. The maximum absolute atomic E-state index is 5.72. The van der Waals surface area contributed by atoms with E-state index in [0.717, 1.165) is 25.7 Å². The third-order valence-electron chi connectivity index (χ3n) is 3.52. The van der Waals surface area contributed by atoms with Crippen LogP contribution in [0.2, 0.25) is 0 Å². The third kappa shape index (κ3) is 5.36. The number of hydrogen-bond donors (Lipinski definition) is 1. The van der Waals surface area contributed by atoms with Crippen LogP contribution >= 0.6 is 0 Å². The Morgan fingerprint density at radius 3 is 2.12 bits per heavy atom. The summed E-state index contributed by atoms with van der Waals surface area (Å²) in [4.78, 5) is 0. The summed E-state index contributed by atoms with van der Waals surface area (Å²) in [6, 6.07) is 0.350. The van der Waals surface area contributed by atoms with Crippen LogP contribution in [0.1, 0.15) is 52.9 Å². The lowest BCUT2D eigenvalue weighted by atomic mass is 9.98. The Balaban J connectivity index is 2.46. The van der Waals surface area contributed by atoms with E-state index in [4.69, 9.17) is 9.47 Å². The molecule has 0 aromatic heterocycles. The molecule has 3 heteroatoms. The van der Waals surface area contributed by atoms with E-state index in [-0.39, 0.29) is 6.29 Å². The molecule has 3 nitrogen and oxygen atoms in total. The quantitative estimate of drug-likeness (QED) is 0.632. The molecule has 0 amide bonds. The van der Waals surface area contributed by atoms with E-state index in [1.807, 2.05) is 13.8 Å². The minimum Gasteiger partial charge on any atom is -0.351 e. The van der Waals surface area contributed by atoms with Crippen molar-refractivity contribution in [2.45, 2.75) is 65.2 Å². The fourth-order valence-electron chi connectivity index (χ4n) is 2.77. The van der Waals surface area contributed by atoms with Gasteiger partial charge in [-0.05, 0) is 32.7 Å². The summed E-state index contributed by atoms with van der Waals surface area (Å²) in [5.41, 5.74) is 0. The molecule has 1 atom stereocenters. The van der Waals surface area contributed by atoms with Gasteiger partial charge in [0.1, 0.15) is 0 Å². The molecule has 1 saturated carbocycles. The van der Waals surface area contributed by atoms with Gasteiger partial charge >= 0.3 is 0 Å². The third-order valence-corrected chi connectivity index (χ3v) is 3.52. The molecule has 1 aliphatic rings. The van der Waals surface area contributed by atoms with Crippen molar-refractivity contribution >= 4 is 0 Å². The molecule has 1 aliphatic carbocycles. The largest absolute Gasteiger partial charge is 0.351 e. The number of nitrogens with one attached hydrogen (secondary N) is 1. The van der Waals surface area contributed by atoms with E-state index < -0.39 is 0 Å². The molecule has 1 unspecified atom stereocenters. The highest BCUT2D eigenvalue weighted by molar-refractivity contribution is 4.78.